The van der Waals surface area contributed by atoms with E-state index in [0.717, 1.165) is 11.1 Å². The predicted molar refractivity (Wildman–Crippen MR) is 196 cm³/mol. The van der Waals surface area contributed by atoms with Crippen molar-refractivity contribution in [1.29, 1.82) is 5.26 Å². The number of urea groups is 1. The molecule has 1 fully saturated rings. The number of amidine groups is 1. The number of amides is 2. The molecular weight excluding hydrogens is 705 g/mol. The molecule has 0 radical (unpaired) electrons. The number of carbonyl (C=O) groups is 1. The van der Waals surface area contributed by atoms with Gasteiger partial charge in [0.1, 0.15) is 27.5 Å². The number of aliphatic imine (C=N–C) groups is 1. The Morgan fingerprint density at radius 2 is 1.57 bits per heavy atom. The van der Waals surface area contributed by atoms with Crippen LogP contribution in [0.25, 0.3) is 0 Å². The van der Waals surface area contributed by atoms with Crippen LogP contribution in [0.4, 0.5) is 4.79 Å². The van der Waals surface area contributed by atoms with Crippen molar-refractivity contribution in [2.45, 2.75) is 44.7 Å². The lowest BCUT2D eigenvalue weighted by atomic mass is 9.85. The summed E-state index contributed by atoms with van der Waals surface area (Å²) in [5.41, 5.74) is 1.94. The van der Waals surface area contributed by atoms with E-state index in [1.807, 2.05) is 36.1 Å². The molecule has 0 aliphatic carbocycles. The Morgan fingerprint density at radius 1 is 0.980 bits per heavy atom. The van der Waals surface area contributed by atoms with E-state index in [1.54, 1.807) is 55.1 Å². The SMILES string of the molecule is CCOc1cc(C(C)(C)C#N)c(Cl)cc1C1=N[C@@H](c2ccc(Cl)cc2)[C@@H](c2ccc(Cl)cc2)N1C(=O)N1CCN(CCCS(C)(=O)=O)CC1. The molecule has 3 aromatic carbocycles. The van der Waals surface area contributed by atoms with Crippen molar-refractivity contribution in [3.05, 3.63) is 98.0 Å². The Balaban J connectivity index is 1.61. The summed E-state index contributed by atoms with van der Waals surface area (Å²) < 4.78 is 29.5. The van der Waals surface area contributed by atoms with Crippen LogP contribution in [-0.4, -0.2) is 86.3 Å². The third-order valence-electron chi connectivity index (χ3n) is 8.89. The quantitative estimate of drug-likeness (QED) is 0.212. The molecule has 260 valence electrons. The molecule has 1 saturated heterocycles. The number of halogens is 3. The molecule has 0 N–H and O–H groups in total. The number of hydrogen-bond donors (Lipinski definition) is 0. The fraction of sp³-hybridized carbons (Fsp3) is 0.417. The number of rotatable bonds is 10. The molecule has 13 heteroatoms. The largest absolute Gasteiger partial charge is 0.493 e. The predicted octanol–water partition coefficient (Wildman–Crippen LogP) is 7.56. The first-order valence-corrected chi connectivity index (χ1v) is 19.4. The Hall–Kier alpha value is -3.33. The zero-order valence-electron chi connectivity index (χ0n) is 28.0. The number of nitriles is 1. The van der Waals surface area contributed by atoms with Gasteiger partial charge in [0.15, 0.2) is 0 Å². The molecule has 3 aromatic rings. The first-order chi connectivity index (χ1) is 23.2. The number of ether oxygens (including phenoxy) is 1. The van der Waals surface area contributed by atoms with Gasteiger partial charge >= 0.3 is 6.03 Å². The van der Waals surface area contributed by atoms with Gasteiger partial charge in [-0.2, -0.15) is 5.26 Å². The van der Waals surface area contributed by atoms with Crippen molar-refractivity contribution >= 4 is 56.5 Å². The highest BCUT2D eigenvalue weighted by atomic mass is 35.5. The molecule has 0 saturated carbocycles. The van der Waals surface area contributed by atoms with Gasteiger partial charge in [-0.1, -0.05) is 59.1 Å². The molecule has 2 aliphatic heterocycles. The van der Waals surface area contributed by atoms with E-state index >= 15 is 0 Å². The van der Waals surface area contributed by atoms with Gasteiger partial charge in [-0.15, -0.1) is 0 Å². The highest BCUT2D eigenvalue weighted by Crippen LogP contribution is 2.46. The van der Waals surface area contributed by atoms with E-state index in [9.17, 15) is 18.5 Å². The van der Waals surface area contributed by atoms with Gasteiger partial charge in [-0.05, 0) is 86.8 Å². The molecule has 49 heavy (non-hydrogen) atoms. The second kappa shape index (κ2) is 15.3. The summed E-state index contributed by atoms with van der Waals surface area (Å²) in [7, 11) is -3.04. The zero-order chi connectivity index (χ0) is 35.5. The lowest BCUT2D eigenvalue weighted by molar-refractivity contribution is 0.119. The fourth-order valence-corrected chi connectivity index (χ4v) is 7.57. The van der Waals surface area contributed by atoms with Crippen LogP contribution in [0.15, 0.2) is 65.7 Å². The summed E-state index contributed by atoms with van der Waals surface area (Å²) in [6.45, 7) is 8.55. The first-order valence-electron chi connectivity index (χ1n) is 16.2. The van der Waals surface area contributed by atoms with Gasteiger partial charge in [-0.3, -0.25) is 14.8 Å². The molecule has 0 aromatic heterocycles. The highest BCUT2D eigenvalue weighted by molar-refractivity contribution is 7.90. The summed E-state index contributed by atoms with van der Waals surface area (Å²) >= 11 is 19.5. The van der Waals surface area contributed by atoms with E-state index in [2.05, 4.69) is 11.0 Å². The summed E-state index contributed by atoms with van der Waals surface area (Å²) in [5, 5.41) is 11.4. The maximum atomic E-state index is 14.9. The second-order valence-corrected chi connectivity index (χ2v) is 16.4. The lowest BCUT2D eigenvalue weighted by Gasteiger charge is -2.39. The molecule has 0 spiro atoms. The van der Waals surface area contributed by atoms with Gasteiger partial charge in [0.05, 0.1) is 35.4 Å². The molecule has 9 nitrogen and oxygen atoms in total. The monoisotopic (exact) mass is 743 g/mol. The highest BCUT2D eigenvalue weighted by Gasteiger charge is 2.45. The lowest BCUT2D eigenvalue weighted by Crippen LogP contribution is -2.54. The van der Waals surface area contributed by atoms with Crippen molar-refractivity contribution in [2.75, 3.05) is 51.3 Å². The number of nitrogens with zero attached hydrogens (tertiary/aromatic N) is 5. The number of piperazine rings is 1. The molecular formula is C36H40Cl3N5O4S. The fourth-order valence-electron chi connectivity index (χ4n) is 6.26. The van der Waals surface area contributed by atoms with E-state index < -0.39 is 27.3 Å². The molecule has 0 unspecified atom stereocenters. The topological polar surface area (TPSA) is 106 Å². The van der Waals surface area contributed by atoms with Gasteiger partial charge in [0.2, 0.25) is 0 Å². The van der Waals surface area contributed by atoms with Crippen LogP contribution >= 0.6 is 34.8 Å². The van der Waals surface area contributed by atoms with Crippen molar-refractivity contribution < 1.29 is 17.9 Å². The van der Waals surface area contributed by atoms with E-state index in [4.69, 9.17) is 44.5 Å². The summed E-state index contributed by atoms with van der Waals surface area (Å²) in [5.74, 6) is 0.986. The minimum Gasteiger partial charge on any atom is -0.493 e. The van der Waals surface area contributed by atoms with Crippen LogP contribution in [0.1, 0.15) is 61.5 Å². The summed E-state index contributed by atoms with van der Waals surface area (Å²) in [6.07, 6.45) is 1.78. The summed E-state index contributed by atoms with van der Waals surface area (Å²) in [4.78, 5) is 25.8. The Kier molecular flexibility index (Phi) is 11.5. The maximum absolute atomic E-state index is 14.9. The third kappa shape index (κ3) is 8.53. The molecule has 2 aliphatic rings. The minimum atomic E-state index is -3.04. The molecule has 0 bridgehead atoms. The van der Waals surface area contributed by atoms with Gasteiger partial charge in [-0.25, -0.2) is 13.2 Å². The van der Waals surface area contributed by atoms with Crippen LogP contribution in [-0.2, 0) is 15.3 Å². The molecule has 2 atom stereocenters. The van der Waals surface area contributed by atoms with Crippen molar-refractivity contribution in [3.63, 3.8) is 0 Å². The average Bonchev–Trinajstić information content (AvgIpc) is 3.46. The Bertz CT molecular complexity index is 1850. The number of benzene rings is 3. The van der Waals surface area contributed by atoms with Gasteiger partial charge < -0.3 is 9.64 Å². The Morgan fingerprint density at radius 3 is 2.12 bits per heavy atom. The van der Waals surface area contributed by atoms with Crippen molar-refractivity contribution in [2.24, 2.45) is 4.99 Å². The van der Waals surface area contributed by atoms with E-state index in [0.29, 0.717) is 83.5 Å². The second-order valence-electron chi connectivity index (χ2n) is 12.9. The maximum Gasteiger partial charge on any atom is 0.326 e. The Labute approximate surface area is 303 Å². The van der Waals surface area contributed by atoms with E-state index in [-0.39, 0.29) is 11.8 Å². The number of hydrogen-bond acceptors (Lipinski definition) is 7. The van der Waals surface area contributed by atoms with E-state index in [1.165, 1.54) is 6.26 Å². The minimum absolute atomic E-state index is 0.129. The van der Waals surface area contributed by atoms with Crippen LogP contribution in [0.5, 0.6) is 5.75 Å². The average molecular weight is 745 g/mol. The third-order valence-corrected chi connectivity index (χ3v) is 10.7. The number of carbonyl (C=O) groups excluding carboxylic acids is 1. The smallest absolute Gasteiger partial charge is 0.326 e. The van der Waals surface area contributed by atoms with Crippen LogP contribution in [0, 0.1) is 11.3 Å². The van der Waals surface area contributed by atoms with Crippen LogP contribution < -0.4 is 4.74 Å². The molecule has 5 rings (SSSR count). The van der Waals surface area contributed by atoms with Crippen LogP contribution in [0.3, 0.4) is 0 Å². The molecule has 2 heterocycles. The zero-order valence-corrected chi connectivity index (χ0v) is 31.1. The molecule has 2 amide bonds. The van der Waals surface area contributed by atoms with Crippen molar-refractivity contribution in [1.82, 2.24) is 14.7 Å². The standard InChI is InChI=1S/C36H40Cl3N5O4S/c1-5-48-31-22-29(36(2,3)23-40)30(39)21-28(31)34-41-32(24-7-11-26(37)12-8-24)33(25-9-13-27(38)14-10-25)44(34)35(45)43-18-16-42(17-19-43)15-6-20-49(4,46)47/h7-14,21-22,32-33H,5-6,15-20H2,1-4H3/t32-,33+/m0/s1. The van der Waals surface area contributed by atoms with Gasteiger partial charge in [0.25, 0.3) is 0 Å². The normalized spacial score (nSPS) is 18.7. The van der Waals surface area contributed by atoms with Crippen molar-refractivity contribution in [3.8, 4) is 11.8 Å². The van der Waals surface area contributed by atoms with Gasteiger partial charge in [0, 0.05) is 47.5 Å². The number of sulfone groups is 1. The summed E-state index contributed by atoms with van der Waals surface area (Å²) in [6, 6.07) is 19.4. The van der Waals surface area contributed by atoms with Crippen LogP contribution in [0.2, 0.25) is 15.1 Å². The first kappa shape index (κ1) is 36.9.